The highest BCUT2D eigenvalue weighted by atomic mass is 127. The lowest BCUT2D eigenvalue weighted by Crippen LogP contribution is -2.34. The second-order valence-corrected chi connectivity index (χ2v) is 5.90. The molecule has 0 atom stereocenters. The van der Waals surface area contributed by atoms with Gasteiger partial charge in [0.25, 0.3) is 0 Å². The Bertz CT molecular complexity index is 317. The van der Waals surface area contributed by atoms with Gasteiger partial charge < -0.3 is 11.1 Å². The highest BCUT2D eigenvalue weighted by Gasteiger charge is 1.98. The molecule has 0 aromatic carbocycles. The fourth-order valence-corrected chi connectivity index (χ4v) is 1.41. The van der Waals surface area contributed by atoms with Gasteiger partial charge in [-0.05, 0) is 12.3 Å². The highest BCUT2D eigenvalue weighted by Crippen LogP contribution is 1.90. The third-order valence-electron chi connectivity index (χ3n) is 1.65. The van der Waals surface area contributed by atoms with Crippen molar-refractivity contribution in [3.05, 3.63) is 0 Å². The maximum absolute atomic E-state index is 10.7. The molecule has 0 amide bonds. The van der Waals surface area contributed by atoms with Gasteiger partial charge in [-0.2, -0.15) is 0 Å². The van der Waals surface area contributed by atoms with Crippen molar-refractivity contribution in [3.8, 4) is 0 Å². The molecule has 17 heavy (non-hydrogen) atoms. The molecule has 6 nitrogen and oxygen atoms in total. The van der Waals surface area contributed by atoms with Gasteiger partial charge in [-0.3, -0.25) is 4.99 Å². The fraction of sp³-hybridized carbons (Fsp3) is 0.889. The summed E-state index contributed by atoms with van der Waals surface area (Å²) in [5.74, 6) is 0.889. The summed E-state index contributed by atoms with van der Waals surface area (Å²) in [5.41, 5.74) is 5.59. The Morgan fingerprint density at radius 2 is 1.94 bits per heavy atom. The standard InChI is InChI=1S/C9H22N4O2S.HI/c1-8(2)7-12-9(10)11-5-4-6-13-16(3,14)15;/h8,13H,4-7H2,1-3H3,(H3,10,11,12);1H. The predicted octanol–water partition coefficient (Wildman–Crippen LogP) is 0.104. The summed E-state index contributed by atoms with van der Waals surface area (Å²) < 4.78 is 23.8. The molecule has 0 aliphatic rings. The first-order valence-corrected chi connectivity index (χ1v) is 7.19. The van der Waals surface area contributed by atoms with Gasteiger partial charge in [0.05, 0.1) is 6.26 Å². The monoisotopic (exact) mass is 378 g/mol. The number of halogens is 1. The van der Waals surface area contributed by atoms with Crippen molar-refractivity contribution in [3.63, 3.8) is 0 Å². The Morgan fingerprint density at radius 3 is 2.41 bits per heavy atom. The van der Waals surface area contributed by atoms with E-state index in [1.165, 1.54) is 0 Å². The summed E-state index contributed by atoms with van der Waals surface area (Å²) in [4.78, 5) is 4.11. The lowest BCUT2D eigenvalue weighted by molar-refractivity contribution is 0.584. The zero-order valence-electron chi connectivity index (χ0n) is 10.6. The minimum Gasteiger partial charge on any atom is -0.370 e. The number of nitrogens with zero attached hydrogens (tertiary/aromatic N) is 1. The van der Waals surface area contributed by atoms with Gasteiger partial charge in [-0.1, -0.05) is 13.8 Å². The summed E-state index contributed by atoms with van der Waals surface area (Å²) in [5, 5.41) is 2.92. The molecule has 0 spiro atoms. The van der Waals surface area contributed by atoms with Crippen LogP contribution in [0.4, 0.5) is 0 Å². The van der Waals surface area contributed by atoms with E-state index in [0.29, 0.717) is 37.9 Å². The van der Waals surface area contributed by atoms with Crippen LogP contribution in [0.1, 0.15) is 20.3 Å². The normalized spacial score (nSPS) is 12.4. The summed E-state index contributed by atoms with van der Waals surface area (Å²) in [6.45, 7) is 5.83. The van der Waals surface area contributed by atoms with Gasteiger partial charge in [0.15, 0.2) is 5.96 Å². The minimum absolute atomic E-state index is 0. The molecular formula is C9H23IN4O2S. The van der Waals surface area contributed by atoms with Gasteiger partial charge in [-0.25, -0.2) is 13.1 Å². The van der Waals surface area contributed by atoms with Crippen LogP contribution in [0.2, 0.25) is 0 Å². The summed E-state index contributed by atoms with van der Waals surface area (Å²) in [7, 11) is -3.09. The quantitative estimate of drug-likeness (QED) is 0.254. The van der Waals surface area contributed by atoms with Crippen molar-refractivity contribution in [2.24, 2.45) is 16.6 Å². The lowest BCUT2D eigenvalue weighted by atomic mass is 10.2. The third kappa shape index (κ3) is 15.9. The van der Waals surface area contributed by atoms with Crippen LogP contribution >= 0.6 is 24.0 Å². The Balaban J connectivity index is 0. The van der Waals surface area contributed by atoms with E-state index in [-0.39, 0.29) is 24.0 Å². The maximum Gasteiger partial charge on any atom is 0.208 e. The molecule has 0 saturated carbocycles. The number of sulfonamides is 1. The molecule has 4 N–H and O–H groups in total. The fourth-order valence-electron chi connectivity index (χ4n) is 0.899. The Kier molecular flexibility index (Phi) is 11.2. The molecule has 0 aliphatic heterocycles. The topological polar surface area (TPSA) is 96.6 Å². The molecule has 0 radical (unpaired) electrons. The molecule has 0 saturated heterocycles. The van der Waals surface area contributed by atoms with Crippen LogP contribution in [-0.2, 0) is 10.0 Å². The number of nitrogens with one attached hydrogen (secondary N) is 2. The molecule has 0 aromatic heterocycles. The molecule has 0 aliphatic carbocycles. The number of rotatable bonds is 7. The van der Waals surface area contributed by atoms with E-state index in [4.69, 9.17) is 5.73 Å². The second kappa shape index (κ2) is 9.89. The number of nitrogens with two attached hydrogens (primary N) is 1. The van der Waals surface area contributed by atoms with E-state index in [9.17, 15) is 8.42 Å². The van der Waals surface area contributed by atoms with Gasteiger partial charge >= 0.3 is 0 Å². The molecule has 104 valence electrons. The first-order chi connectivity index (χ1) is 7.31. The Hall–Kier alpha value is -0.0900. The molecule has 0 aromatic rings. The number of guanidine groups is 1. The van der Waals surface area contributed by atoms with Crippen molar-refractivity contribution < 1.29 is 8.42 Å². The number of hydrogen-bond donors (Lipinski definition) is 3. The molecular weight excluding hydrogens is 355 g/mol. The molecule has 0 fully saturated rings. The van der Waals surface area contributed by atoms with E-state index in [1.54, 1.807) is 0 Å². The molecule has 0 rings (SSSR count). The maximum atomic E-state index is 10.7. The summed E-state index contributed by atoms with van der Waals surface area (Å²) >= 11 is 0. The first-order valence-electron chi connectivity index (χ1n) is 5.29. The van der Waals surface area contributed by atoms with Crippen molar-refractivity contribution in [2.45, 2.75) is 20.3 Å². The van der Waals surface area contributed by atoms with E-state index in [1.807, 2.05) is 0 Å². The van der Waals surface area contributed by atoms with Crippen molar-refractivity contribution in [1.82, 2.24) is 10.0 Å². The zero-order valence-corrected chi connectivity index (χ0v) is 13.7. The minimum atomic E-state index is -3.09. The first kappa shape index (κ1) is 19.3. The van der Waals surface area contributed by atoms with Crippen molar-refractivity contribution in [1.29, 1.82) is 0 Å². The largest absolute Gasteiger partial charge is 0.370 e. The second-order valence-electron chi connectivity index (χ2n) is 4.07. The summed E-state index contributed by atoms with van der Waals surface area (Å²) in [6, 6.07) is 0. The SMILES string of the molecule is CC(C)CN=C(N)NCCCNS(C)(=O)=O.I. The van der Waals surface area contributed by atoms with Crippen LogP contribution in [0.25, 0.3) is 0 Å². The van der Waals surface area contributed by atoms with Crippen LogP contribution in [0.15, 0.2) is 4.99 Å². The van der Waals surface area contributed by atoms with Gasteiger partial charge in [-0.15, -0.1) is 24.0 Å². The van der Waals surface area contributed by atoms with E-state index < -0.39 is 10.0 Å². The molecule has 8 heteroatoms. The molecule has 0 unspecified atom stereocenters. The van der Waals surface area contributed by atoms with Crippen LogP contribution in [0.3, 0.4) is 0 Å². The van der Waals surface area contributed by atoms with Crippen LogP contribution in [0.5, 0.6) is 0 Å². The average molecular weight is 378 g/mol. The number of aliphatic imine (C=N–C) groups is 1. The Labute approximate surface area is 121 Å². The van der Waals surface area contributed by atoms with Crippen LogP contribution in [0, 0.1) is 5.92 Å². The highest BCUT2D eigenvalue weighted by molar-refractivity contribution is 14.0. The zero-order chi connectivity index (χ0) is 12.6. The molecule has 0 bridgehead atoms. The average Bonchev–Trinajstić information content (AvgIpc) is 2.12. The van der Waals surface area contributed by atoms with Crippen LogP contribution in [-0.4, -0.2) is 40.3 Å². The van der Waals surface area contributed by atoms with Crippen molar-refractivity contribution >= 4 is 40.0 Å². The van der Waals surface area contributed by atoms with Gasteiger partial charge in [0, 0.05) is 19.6 Å². The van der Waals surface area contributed by atoms with Gasteiger partial charge in [0.2, 0.25) is 10.0 Å². The Morgan fingerprint density at radius 1 is 1.35 bits per heavy atom. The predicted molar refractivity (Wildman–Crippen MR) is 82.2 cm³/mol. The van der Waals surface area contributed by atoms with Crippen LogP contribution < -0.4 is 15.8 Å². The smallest absolute Gasteiger partial charge is 0.208 e. The molecule has 0 heterocycles. The van der Waals surface area contributed by atoms with E-state index in [2.05, 4.69) is 28.9 Å². The van der Waals surface area contributed by atoms with E-state index in [0.717, 1.165) is 6.26 Å². The lowest BCUT2D eigenvalue weighted by Gasteiger charge is -2.06. The summed E-state index contributed by atoms with van der Waals surface area (Å²) in [6.07, 6.45) is 1.81. The van der Waals surface area contributed by atoms with Gasteiger partial charge in [0.1, 0.15) is 0 Å². The number of hydrogen-bond acceptors (Lipinski definition) is 3. The third-order valence-corrected chi connectivity index (χ3v) is 2.38. The van der Waals surface area contributed by atoms with Crippen molar-refractivity contribution in [2.75, 3.05) is 25.9 Å². The van der Waals surface area contributed by atoms with E-state index >= 15 is 0 Å².